The van der Waals surface area contributed by atoms with Gasteiger partial charge >= 0.3 is 0 Å². The van der Waals surface area contributed by atoms with Crippen molar-refractivity contribution in [1.82, 2.24) is 19.9 Å². The van der Waals surface area contributed by atoms with E-state index in [1.165, 1.54) is 11.8 Å². The van der Waals surface area contributed by atoms with Crippen LogP contribution in [0.25, 0.3) is 11.1 Å². The number of thioether (sulfide) groups is 1. The first-order valence-corrected chi connectivity index (χ1v) is 9.70. The Morgan fingerprint density at radius 3 is 2.88 bits per heavy atom. The highest BCUT2D eigenvalue weighted by Gasteiger charge is 2.31. The molecule has 134 valence electrons. The number of aryl methyl sites for hydroxylation is 1. The first kappa shape index (κ1) is 17.0. The predicted molar refractivity (Wildman–Crippen MR) is 99.6 cm³/mol. The van der Waals surface area contributed by atoms with Gasteiger partial charge in [-0.05, 0) is 18.6 Å². The number of para-hydroxylation sites is 2. The highest BCUT2D eigenvalue weighted by Crippen LogP contribution is 2.31. The Kier molecular flexibility index (Phi) is 4.63. The smallest absolute Gasteiger partial charge is 0.257 e. The molecule has 0 saturated heterocycles. The quantitative estimate of drug-likeness (QED) is 0.641. The van der Waals surface area contributed by atoms with E-state index < -0.39 is 0 Å². The Hall–Kier alpha value is -2.41. The molecule has 6 nitrogen and oxygen atoms in total. The Morgan fingerprint density at radius 2 is 2.12 bits per heavy atom. The number of benzene rings is 1. The van der Waals surface area contributed by atoms with Crippen LogP contribution < -0.4 is 0 Å². The van der Waals surface area contributed by atoms with Crippen molar-refractivity contribution in [3.05, 3.63) is 47.5 Å². The monoisotopic (exact) mass is 368 g/mol. The standard InChI is InChI=1S/C19H20N4O2S/c1-3-16(26-19-22-13-7-5-6-8-15(13)25-19)18(24)23-10-12-9-20-17(4-2)21-14(12)11-23/h5-9,16H,3-4,10-11H2,1-2H3/t16-/m1/s1. The third-order valence-corrected chi connectivity index (χ3v) is 5.69. The van der Waals surface area contributed by atoms with Gasteiger partial charge in [0.25, 0.3) is 5.22 Å². The summed E-state index contributed by atoms with van der Waals surface area (Å²) in [6.45, 7) is 5.16. The van der Waals surface area contributed by atoms with Gasteiger partial charge in [0.2, 0.25) is 5.91 Å². The van der Waals surface area contributed by atoms with E-state index in [0.29, 0.717) is 24.7 Å². The summed E-state index contributed by atoms with van der Waals surface area (Å²) in [6, 6.07) is 7.63. The summed E-state index contributed by atoms with van der Waals surface area (Å²) in [7, 11) is 0. The lowest BCUT2D eigenvalue weighted by Crippen LogP contribution is -2.33. The van der Waals surface area contributed by atoms with E-state index in [-0.39, 0.29) is 11.2 Å². The van der Waals surface area contributed by atoms with Crippen molar-refractivity contribution in [1.29, 1.82) is 0 Å². The first-order chi connectivity index (χ1) is 12.7. The largest absolute Gasteiger partial charge is 0.431 e. The van der Waals surface area contributed by atoms with Crippen molar-refractivity contribution in [3.63, 3.8) is 0 Å². The van der Waals surface area contributed by atoms with Crippen LogP contribution in [-0.4, -0.2) is 31.0 Å². The van der Waals surface area contributed by atoms with Crippen LogP contribution in [0.15, 0.2) is 40.1 Å². The molecule has 1 aliphatic rings. The molecule has 0 radical (unpaired) electrons. The van der Waals surface area contributed by atoms with E-state index in [9.17, 15) is 4.79 Å². The topological polar surface area (TPSA) is 72.1 Å². The van der Waals surface area contributed by atoms with Crippen LogP contribution in [0, 0.1) is 0 Å². The van der Waals surface area contributed by atoms with Gasteiger partial charge in [0.05, 0.1) is 17.5 Å². The number of nitrogens with zero attached hydrogens (tertiary/aromatic N) is 4. The Labute approximate surface area is 156 Å². The van der Waals surface area contributed by atoms with E-state index in [1.54, 1.807) is 0 Å². The fourth-order valence-corrected chi connectivity index (χ4v) is 4.00. The molecule has 1 aromatic carbocycles. The van der Waals surface area contributed by atoms with Gasteiger partial charge in [0.1, 0.15) is 11.3 Å². The van der Waals surface area contributed by atoms with Crippen LogP contribution in [0.1, 0.15) is 37.4 Å². The summed E-state index contributed by atoms with van der Waals surface area (Å²) >= 11 is 1.39. The Bertz CT molecular complexity index is 923. The number of rotatable bonds is 5. The molecule has 0 bridgehead atoms. The summed E-state index contributed by atoms with van der Waals surface area (Å²) < 4.78 is 5.76. The predicted octanol–water partition coefficient (Wildman–Crippen LogP) is 3.59. The van der Waals surface area contributed by atoms with E-state index in [1.807, 2.05) is 49.2 Å². The van der Waals surface area contributed by atoms with Crippen molar-refractivity contribution >= 4 is 28.8 Å². The summed E-state index contributed by atoms with van der Waals surface area (Å²) in [5, 5.41) is 0.312. The number of hydrogen-bond acceptors (Lipinski definition) is 6. The number of hydrogen-bond donors (Lipinski definition) is 0. The van der Waals surface area contributed by atoms with Gasteiger partial charge in [-0.2, -0.15) is 0 Å². The van der Waals surface area contributed by atoms with Crippen molar-refractivity contribution < 1.29 is 9.21 Å². The maximum absolute atomic E-state index is 13.0. The van der Waals surface area contributed by atoms with Crippen LogP contribution in [0.3, 0.4) is 0 Å². The zero-order valence-electron chi connectivity index (χ0n) is 14.8. The summed E-state index contributed by atoms with van der Waals surface area (Å²) in [6.07, 6.45) is 3.36. The van der Waals surface area contributed by atoms with Gasteiger partial charge in [0, 0.05) is 24.7 Å². The molecule has 1 atom stereocenters. The zero-order valence-corrected chi connectivity index (χ0v) is 15.6. The molecule has 1 aliphatic heterocycles. The highest BCUT2D eigenvalue weighted by molar-refractivity contribution is 8.00. The lowest BCUT2D eigenvalue weighted by Gasteiger charge is -2.20. The molecular weight excluding hydrogens is 348 g/mol. The van der Waals surface area contributed by atoms with Gasteiger partial charge in [-0.25, -0.2) is 15.0 Å². The molecule has 26 heavy (non-hydrogen) atoms. The number of oxazole rings is 1. The summed E-state index contributed by atoms with van der Waals surface area (Å²) in [4.78, 5) is 28.2. The second kappa shape index (κ2) is 7.07. The molecule has 2 aromatic heterocycles. The van der Waals surface area contributed by atoms with Crippen molar-refractivity contribution in [3.8, 4) is 0 Å². The third kappa shape index (κ3) is 3.19. The number of amides is 1. The average molecular weight is 368 g/mol. The fraction of sp³-hybridized carbons (Fsp3) is 0.368. The molecule has 0 unspecified atom stereocenters. The molecule has 0 N–H and O–H groups in total. The number of carbonyl (C=O) groups excluding carboxylic acids is 1. The number of aromatic nitrogens is 3. The van der Waals surface area contributed by atoms with Crippen LogP contribution in [-0.2, 0) is 24.3 Å². The van der Waals surface area contributed by atoms with Gasteiger partial charge in [-0.3, -0.25) is 4.79 Å². The molecule has 0 spiro atoms. The van der Waals surface area contributed by atoms with E-state index in [0.717, 1.165) is 34.6 Å². The van der Waals surface area contributed by atoms with E-state index in [2.05, 4.69) is 15.0 Å². The lowest BCUT2D eigenvalue weighted by atomic mass is 10.3. The molecule has 0 aliphatic carbocycles. The van der Waals surface area contributed by atoms with Crippen molar-refractivity contribution in [2.24, 2.45) is 0 Å². The molecule has 7 heteroatoms. The van der Waals surface area contributed by atoms with E-state index >= 15 is 0 Å². The fourth-order valence-electron chi connectivity index (χ4n) is 3.06. The lowest BCUT2D eigenvalue weighted by molar-refractivity contribution is -0.131. The SMILES string of the molecule is CCc1ncc2c(n1)CN(C(=O)[C@@H](CC)Sc1nc3ccccc3o1)C2. The second-order valence-electron chi connectivity index (χ2n) is 6.27. The highest BCUT2D eigenvalue weighted by atomic mass is 32.2. The minimum Gasteiger partial charge on any atom is -0.431 e. The molecule has 4 rings (SSSR count). The minimum atomic E-state index is -0.226. The first-order valence-electron chi connectivity index (χ1n) is 8.82. The molecule has 3 heterocycles. The van der Waals surface area contributed by atoms with Crippen molar-refractivity contribution in [2.75, 3.05) is 0 Å². The average Bonchev–Trinajstić information content (AvgIpc) is 3.28. The normalized spacial score (nSPS) is 14.6. The Morgan fingerprint density at radius 1 is 1.27 bits per heavy atom. The molecular formula is C19H20N4O2S. The molecule has 0 fully saturated rings. The van der Waals surface area contributed by atoms with Crippen LogP contribution in [0.2, 0.25) is 0 Å². The number of carbonyl (C=O) groups is 1. The van der Waals surface area contributed by atoms with Crippen LogP contribution in [0.4, 0.5) is 0 Å². The number of fused-ring (bicyclic) bond motifs is 2. The van der Waals surface area contributed by atoms with Gasteiger partial charge in [-0.15, -0.1) is 0 Å². The molecule has 1 amide bonds. The maximum Gasteiger partial charge on any atom is 0.257 e. The maximum atomic E-state index is 13.0. The summed E-state index contributed by atoms with van der Waals surface area (Å²) in [5.74, 6) is 0.918. The Balaban J connectivity index is 1.49. The van der Waals surface area contributed by atoms with Gasteiger partial charge in [0.15, 0.2) is 5.58 Å². The van der Waals surface area contributed by atoms with Gasteiger partial charge < -0.3 is 9.32 Å². The zero-order chi connectivity index (χ0) is 18.1. The third-order valence-electron chi connectivity index (χ3n) is 4.50. The summed E-state index contributed by atoms with van der Waals surface area (Å²) in [5.41, 5.74) is 3.56. The molecule has 0 saturated carbocycles. The second-order valence-corrected chi connectivity index (χ2v) is 7.42. The van der Waals surface area contributed by atoms with Gasteiger partial charge in [-0.1, -0.05) is 37.7 Å². The molecule has 3 aromatic rings. The van der Waals surface area contributed by atoms with Crippen LogP contribution >= 0.6 is 11.8 Å². The van der Waals surface area contributed by atoms with Crippen molar-refractivity contribution in [2.45, 2.75) is 50.3 Å². The minimum absolute atomic E-state index is 0.0933. The van der Waals surface area contributed by atoms with E-state index in [4.69, 9.17) is 4.42 Å². The van der Waals surface area contributed by atoms with Crippen LogP contribution in [0.5, 0.6) is 0 Å².